The van der Waals surface area contributed by atoms with Crippen LogP contribution in [0.5, 0.6) is 0 Å². The fourth-order valence-corrected chi connectivity index (χ4v) is 1.94. The Balaban J connectivity index is 4.31. The summed E-state index contributed by atoms with van der Waals surface area (Å²) in [7, 11) is 0. The van der Waals surface area contributed by atoms with Crippen molar-refractivity contribution in [1.29, 1.82) is 0 Å². The molecule has 0 aromatic carbocycles. The predicted octanol–water partition coefficient (Wildman–Crippen LogP) is 0.619. The highest BCUT2D eigenvalue weighted by molar-refractivity contribution is 5.75. The second-order valence-corrected chi connectivity index (χ2v) is 6.08. The van der Waals surface area contributed by atoms with Gasteiger partial charge in [-0.2, -0.15) is 0 Å². The molecule has 2 N–H and O–H groups in total. The third kappa shape index (κ3) is 15.2. The summed E-state index contributed by atoms with van der Waals surface area (Å²) in [5, 5.41) is 0. The van der Waals surface area contributed by atoms with Crippen LogP contribution in [-0.2, 0) is 38.1 Å². The van der Waals surface area contributed by atoms with Crippen LogP contribution in [0.2, 0.25) is 0 Å². The van der Waals surface area contributed by atoms with Crippen LogP contribution in [-0.4, -0.2) is 76.1 Å². The Hall–Kier alpha value is -1.55. The molecule has 9 nitrogen and oxygen atoms in total. The molecule has 0 saturated carbocycles. The van der Waals surface area contributed by atoms with Crippen molar-refractivity contribution in [1.82, 2.24) is 0 Å². The molecule has 0 amide bonds. The molecule has 0 spiro atoms. The lowest BCUT2D eigenvalue weighted by molar-refractivity contribution is -0.145. The summed E-state index contributed by atoms with van der Waals surface area (Å²) in [6.45, 7) is 6.44. The van der Waals surface area contributed by atoms with Gasteiger partial charge < -0.3 is 29.4 Å². The smallest absolute Gasteiger partial charge is 0.308 e. The molecule has 0 fully saturated rings. The quantitative estimate of drug-likeness (QED) is 0.281. The van der Waals surface area contributed by atoms with Gasteiger partial charge in [0.25, 0.3) is 0 Å². The zero-order valence-corrected chi connectivity index (χ0v) is 16.6. The van der Waals surface area contributed by atoms with Crippen LogP contribution in [0.4, 0.5) is 0 Å². The Morgan fingerprint density at radius 3 is 1.44 bits per heavy atom. The Morgan fingerprint density at radius 2 is 1.11 bits per heavy atom. The molecule has 0 rings (SSSR count). The lowest BCUT2D eigenvalue weighted by Crippen LogP contribution is -2.53. The summed E-state index contributed by atoms with van der Waals surface area (Å²) in [6, 6.07) is 0. The minimum absolute atomic E-state index is 0.0222. The first-order valence-electron chi connectivity index (χ1n) is 9.15. The monoisotopic (exact) mass is 391 g/mol. The van der Waals surface area contributed by atoms with Crippen LogP contribution in [0, 0.1) is 0 Å². The van der Waals surface area contributed by atoms with Crippen molar-refractivity contribution in [2.24, 2.45) is 5.73 Å². The molecule has 27 heavy (non-hydrogen) atoms. The molecule has 0 aromatic heterocycles. The Bertz CT molecular complexity index is 415. The molecule has 0 radical (unpaired) electrons. The SMILES string of the molecule is CCOC(=O)CCOCC(N)(COCCC(C)=O)COCCC(=O)OCC. The zero-order valence-electron chi connectivity index (χ0n) is 16.6. The van der Waals surface area contributed by atoms with Crippen molar-refractivity contribution in [3.05, 3.63) is 0 Å². The molecule has 0 aliphatic heterocycles. The number of nitrogens with two attached hydrogens (primary N) is 1. The fraction of sp³-hybridized carbons (Fsp3) is 0.833. The first-order valence-corrected chi connectivity index (χ1v) is 9.15. The van der Waals surface area contributed by atoms with Crippen molar-refractivity contribution in [3.63, 3.8) is 0 Å². The first kappa shape index (κ1) is 25.4. The predicted molar refractivity (Wildman–Crippen MR) is 97.2 cm³/mol. The zero-order chi connectivity index (χ0) is 20.5. The number of esters is 2. The summed E-state index contributed by atoms with van der Waals surface area (Å²) in [5.41, 5.74) is 5.30. The minimum atomic E-state index is -0.972. The molecule has 0 unspecified atom stereocenters. The Labute approximate surface area is 160 Å². The summed E-state index contributed by atoms with van der Waals surface area (Å²) >= 11 is 0. The number of Topliss-reactive ketones (excluding diaryl/α,β-unsaturated/α-hetero) is 1. The molecule has 9 heteroatoms. The van der Waals surface area contributed by atoms with Gasteiger partial charge in [0.05, 0.1) is 71.2 Å². The molecule has 0 bridgehead atoms. The van der Waals surface area contributed by atoms with Crippen LogP contribution >= 0.6 is 0 Å². The van der Waals surface area contributed by atoms with Crippen LogP contribution in [0.3, 0.4) is 0 Å². The van der Waals surface area contributed by atoms with Crippen LogP contribution in [0.25, 0.3) is 0 Å². The normalized spacial score (nSPS) is 11.3. The minimum Gasteiger partial charge on any atom is -0.466 e. The van der Waals surface area contributed by atoms with Crippen molar-refractivity contribution < 1.29 is 38.1 Å². The van der Waals surface area contributed by atoms with E-state index < -0.39 is 5.54 Å². The second kappa shape index (κ2) is 15.5. The summed E-state index contributed by atoms with van der Waals surface area (Å²) in [6.07, 6.45) is 0.543. The maximum atomic E-state index is 11.3. The number of ether oxygens (including phenoxy) is 5. The van der Waals surface area contributed by atoms with Crippen molar-refractivity contribution >= 4 is 17.7 Å². The van der Waals surface area contributed by atoms with E-state index in [-0.39, 0.29) is 70.2 Å². The number of hydrogen-bond donors (Lipinski definition) is 1. The van der Waals surface area contributed by atoms with Gasteiger partial charge in [-0.05, 0) is 20.8 Å². The standard InChI is InChI=1S/C18H33NO8/c1-4-26-16(21)7-10-24-13-18(19,12-23-9-6-15(3)20)14-25-11-8-17(22)27-5-2/h4-14,19H2,1-3H3. The third-order valence-corrected chi connectivity index (χ3v) is 3.28. The van der Waals surface area contributed by atoms with Crippen LogP contribution in [0.15, 0.2) is 0 Å². The molecule has 0 saturated heterocycles. The van der Waals surface area contributed by atoms with E-state index in [9.17, 15) is 14.4 Å². The van der Waals surface area contributed by atoms with Gasteiger partial charge >= 0.3 is 11.9 Å². The number of rotatable bonds is 17. The van der Waals surface area contributed by atoms with E-state index >= 15 is 0 Å². The number of hydrogen-bond acceptors (Lipinski definition) is 9. The van der Waals surface area contributed by atoms with E-state index in [1.165, 1.54) is 6.92 Å². The molecule has 0 heterocycles. The van der Waals surface area contributed by atoms with Crippen molar-refractivity contribution in [3.8, 4) is 0 Å². The molecule has 0 aliphatic carbocycles. The Kier molecular flexibility index (Phi) is 14.6. The molecule has 0 aliphatic rings. The average Bonchev–Trinajstić information content (AvgIpc) is 2.60. The summed E-state index contributed by atoms with van der Waals surface area (Å²) in [5.74, 6) is -0.666. The third-order valence-electron chi connectivity index (χ3n) is 3.28. The second-order valence-electron chi connectivity index (χ2n) is 6.08. The van der Waals surface area contributed by atoms with E-state index in [2.05, 4.69) is 0 Å². The summed E-state index contributed by atoms with van der Waals surface area (Å²) < 4.78 is 26.0. The molecule has 158 valence electrons. The van der Waals surface area contributed by atoms with E-state index in [0.717, 1.165) is 0 Å². The summed E-state index contributed by atoms with van der Waals surface area (Å²) in [4.78, 5) is 33.6. The fourth-order valence-electron chi connectivity index (χ4n) is 1.94. The lowest BCUT2D eigenvalue weighted by Gasteiger charge is -2.28. The molecular weight excluding hydrogens is 358 g/mol. The molecular formula is C18H33NO8. The van der Waals surface area contributed by atoms with Gasteiger partial charge in [-0.25, -0.2) is 0 Å². The maximum absolute atomic E-state index is 11.3. The van der Waals surface area contributed by atoms with E-state index in [1.54, 1.807) is 13.8 Å². The van der Waals surface area contributed by atoms with Gasteiger partial charge in [-0.1, -0.05) is 0 Å². The highest BCUT2D eigenvalue weighted by atomic mass is 16.5. The first-order chi connectivity index (χ1) is 12.8. The highest BCUT2D eigenvalue weighted by Gasteiger charge is 2.27. The van der Waals surface area contributed by atoms with E-state index in [1.807, 2.05) is 0 Å². The van der Waals surface area contributed by atoms with Gasteiger partial charge in [-0.15, -0.1) is 0 Å². The average molecular weight is 391 g/mol. The van der Waals surface area contributed by atoms with Gasteiger partial charge in [0.1, 0.15) is 5.78 Å². The van der Waals surface area contributed by atoms with Crippen molar-refractivity contribution in [2.75, 3.05) is 52.9 Å². The number of ketones is 1. The Morgan fingerprint density at radius 1 is 0.741 bits per heavy atom. The highest BCUT2D eigenvalue weighted by Crippen LogP contribution is 2.06. The molecule has 0 atom stereocenters. The van der Waals surface area contributed by atoms with Gasteiger partial charge in [0, 0.05) is 6.42 Å². The number of carbonyl (C=O) groups excluding carboxylic acids is 3. The molecule has 0 aromatic rings. The maximum Gasteiger partial charge on any atom is 0.308 e. The number of carbonyl (C=O) groups is 3. The van der Waals surface area contributed by atoms with Crippen molar-refractivity contribution in [2.45, 2.75) is 45.6 Å². The van der Waals surface area contributed by atoms with E-state index in [4.69, 9.17) is 29.4 Å². The van der Waals surface area contributed by atoms with Crippen LogP contribution in [0.1, 0.15) is 40.0 Å². The van der Waals surface area contributed by atoms with E-state index in [0.29, 0.717) is 19.6 Å². The van der Waals surface area contributed by atoms with Gasteiger partial charge in [0.2, 0.25) is 0 Å². The van der Waals surface area contributed by atoms with Gasteiger partial charge in [0.15, 0.2) is 0 Å². The van der Waals surface area contributed by atoms with Gasteiger partial charge in [-0.3, -0.25) is 14.4 Å². The lowest BCUT2D eigenvalue weighted by atomic mass is 10.1. The topological polar surface area (TPSA) is 123 Å². The van der Waals surface area contributed by atoms with Crippen LogP contribution < -0.4 is 5.73 Å². The largest absolute Gasteiger partial charge is 0.466 e.